The quantitative estimate of drug-likeness (QED) is 0.662. The fourth-order valence-electron chi connectivity index (χ4n) is 4.36. The maximum absolute atomic E-state index is 15.1. The van der Waals surface area contributed by atoms with Crippen LogP contribution in [0.15, 0.2) is 18.2 Å². The highest BCUT2D eigenvalue weighted by Gasteiger charge is 2.52. The minimum Gasteiger partial charge on any atom is -0.469 e. The Labute approximate surface area is 184 Å². The van der Waals surface area contributed by atoms with Crippen molar-refractivity contribution in [1.29, 1.82) is 0 Å². The lowest BCUT2D eigenvalue weighted by molar-refractivity contribution is -0.214. The van der Waals surface area contributed by atoms with Crippen LogP contribution in [0.4, 0.5) is 20.6 Å². The number of piperidine rings is 1. The summed E-state index contributed by atoms with van der Waals surface area (Å²) in [4.78, 5) is 38.7. The molecule has 174 valence electrons. The number of amides is 2. The van der Waals surface area contributed by atoms with Gasteiger partial charge in [-0.1, -0.05) is 0 Å². The molecule has 32 heavy (non-hydrogen) atoms. The van der Waals surface area contributed by atoms with Crippen molar-refractivity contribution in [3.05, 3.63) is 24.0 Å². The number of cyclic esters (lactones) is 1. The number of nitrogens with zero attached hydrogens (tertiary/aromatic N) is 2. The summed E-state index contributed by atoms with van der Waals surface area (Å²) in [6, 6.07) is 4.46. The van der Waals surface area contributed by atoms with Crippen molar-refractivity contribution in [3.63, 3.8) is 0 Å². The first kappa shape index (κ1) is 22.3. The Morgan fingerprint density at radius 3 is 2.69 bits per heavy atom. The van der Waals surface area contributed by atoms with Gasteiger partial charge in [-0.25, -0.2) is 9.18 Å². The van der Waals surface area contributed by atoms with E-state index in [9.17, 15) is 14.4 Å². The largest absolute Gasteiger partial charge is 0.469 e. The molecule has 0 aromatic heterocycles. The van der Waals surface area contributed by atoms with Gasteiger partial charge in [-0.3, -0.25) is 14.5 Å². The number of carbonyl (C=O) groups is 3. The molecule has 3 fully saturated rings. The molecule has 4 rings (SSSR count). The van der Waals surface area contributed by atoms with Crippen LogP contribution in [0.3, 0.4) is 0 Å². The Balaban J connectivity index is 1.48. The molecule has 10 nitrogen and oxygen atoms in total. The van der Waals surface area contributed by atoms with E-state index in [4.69, 9.17) is 18.9 Å². The van der Waals surface area contributed by atoms with Crippen LogP contribution in [0.1, 0.15) is 13.3 Å². The Hall–Kier alpha value is -2.92. The SMILES string of the molecule is COC(=O)[C@H]1CN(c2ccc(N3CC(CNC(C)=O)OC3=O)cc2F)CCC12OCCO2. The van der Waals surface area contributed by atoms with E-state index in [1.165, 1.54) is 25.0 Å². The number of nitrogens with one attached hydrogen (secondary N) is 1. The van der Waals surface area contributed by atoms with Crippen molar-refractivity contribution < 1.29 is 37.7 Å². The molecule has 0 saturated carbocycles. The average Bonchev–Trinajstić information content (AvgIpc) is 3.39. The summed E-state index contributed by atoms with van der Waals surface area (Å²) in [5, 5.41) is 2.60. The van der Waals surface area contributed by atoms with E-state index in [1.54, 1.807) is 17.0 Å². The molecular formula is C21H26FN3O7. The molecule has 0 bridgehead atoms. The Kier molecular flexibility index (Phi) is 6.20. The highest BCUT2D eigenvalue weighted by Crippen LogP contribution is 2.39. The number of anilines is 2. The number of hydrogen-bond acceptors (Lipinski definition) is 8. The zero-order valence-electron chi connectivity index (χ0n) is 18.0. The topological polar surface area (TPSA) is 107 Å². The number of esters is 1. The van der Waals surface area contributed by atoms with Crippen LogP contribution in [0.5, 0.6) is 0 Å². The third-order valence-electron chi connectivity index (χ3n) is 5.96. The van der Waals surface area contributed by atoms with Gasteiger partial charge in [-0.2, -0.15) is 0 Å². The highest BCUT2D eigenvalue weighted by atomic mass is 19.1. The van der Waals surface area contributed by atoms with E-state index in [-0.39, 0.29) is 25.5 Å². The maximum atomic E-state index is 15.1. The predicted molar refractivity (Wildman–Crippen MR) is 110 cm³/mol. The second-order valence-corrected chi connectivity index (χ2v) is 7.97. The van der Waals surface area contributed by atoms with Gasteiger partial charge < -0.3 is 29.2 Å². The minimum atomic E-state index is -1.04. The lowest BCUT2D eigenvalue weighted by Crippen LogP contribution is -2.56. The molecule has 3 aliphatic rings. The Bertz CT molecular complexity index is 905. The van der Waals surface area contributed by atoms with Crippen LogP contribution in [0.25, 0.3) is 0 Å². The fraction of sp³-hybridized carbons (Fsp3) is 0.571. The Morgan fingerprint density at radius 1 is 1.28 bits per heavy atom. The summed E-state index contributed by atoms with van der Waals surface area (Å²) >= 11 is 0. The molecular weight excluding hydrogens is 425 g/mol. The van der Waals surface area contributed by atoms with Crippen molar-refractivity contribution in [2.45, 2.75) is 25.2 Å². The van der Waals surface area contributed by atoms with Crippen molar-refractivity contribution >= 4 is 29.3 Å². The predicted octanol–water partition coefficient (Wildman–Crippen LogP) is 1.03. The molecule has 2 atom stereocenters. The number of methoxy groups -OCH3 is 1. The first-order valence-corrected chi connectivity index (χ1v) is 10.5. The zero-order chi connectivity index (χ0) is 22.9. The smallest absolute Gasteiger partial charge is 0.414 e. The summed E-state index contributed by atoms with van der Waals surface area (Å²) in [6.07, 6.45) is -0.731. The maximum Gasteiger partial charge on any atom is 0.414 e. The summed E-state index contributed by atoms with van der Waals surface area (Å²) in [5.74, 6) is -2.99. The molecule has 1 aromatic carbocycles. The molecule has 11 heteroatoms. The highest BCUT2D eigenvalue weighted by molar-refractivity contribution is 5.90. The number of hydrogen-bond donors (Lipinski definition) is 1. The van der Waals surface area contributed by atoms with Crippen LogP contribution in [0, 0.1) is 11.7 Å². The molecule has 3 saturated heterocycles. The van der Waals surface area contributed by atoms with Crippen LogP contribution in [-0.4, -0.2) is 76.4 Å². The van der Waals surface area contributed by atoms with Gasteiger partial charge in [0.05, 0.1) is 44.8 Å². The van der Waals surface area contributed by atoms with Gasteiger partial charge in [-0.05, 0) is 18.2 Å². The third kappa shape index (κ3) is 4.22. The molecule has 0 aliphatic carbocycles. The molecule has 2 amide bonds. The van der Waals surface area contributed by atoms with E-state index in [2.05, 4.69) is 5.32 Å². The van der Waals surface area contributed by atoms with E-state index >= 15 is 4.39 Å². The van der Waals surface area contributed by atoms with Crippen molar-refractivity contribution in [3.8, 4) is 0 Å². The van der Waals surface area contributed by atoms with Crippen molar-refractivity contribution in [2.75, 3.05) is 56.3 Å². The van der Waals surface area contributed by atoms with Crippen LogP contribution in [0.2, 0.25) is 0 Å². The van der Waals surface area contributed by atoms with Gasteiger partial charge in [0.2, 0.25) is 5.91 Å². The second-order valence-electron chi connectivity index (χ2n) is 7.97. The van der Waals surface area contributed by atoms with Gasteiger partial charge in [-0.15, -0.1) is 0 Å². The third-order valence-corrected chi connectivity index (χ3v) is 5.96. The van der Waals surface area contributed by atoms with E-state index in [0.717, 1.165) is 0 Å². The summed E-state index contributed by atoms with van der Waals surface area (Å²) in [6.45, 7) is 3.15. The number of carbonyl (C=O) groups excluding carboxylic acids is 3. The molecule has 1 spiro atoms. The summed E-state index contributed by atoms with van der Waals surface area (Å²) < 4.78 is 36.7. The lowest BCUT2D eigenvalue weighted by Gasteiger charge is -2.43. The monoisotopic (exact) mass is 451 g/mol. The molecule has 0 radical (unpaired) electrons. The molecule has 3 aliphatic heterocycles. The zero-order valence-corrected chi connectivity index (χ0v) is 18.0. The fourth-order valence-corrected chi connectivity index (χ4v) is 4.36. The van der Waals surface area contributed by atoms with Gasteiger partial charge in [0.1, 0.15) is 17.8 Å². The van der Waals surface area contributed by atoms with Crippen LogP contribution < -0.4 is 15.1 Å². The number of rotatable bonds is 5. The van der Waals surface area contributed by atoms with E-state index < -0.39 is 35.7 Å². The number of halogens is 1. The van der Waals surface area contributed by atoms with Crippen LogP contribution >= 0.6 is 0 Å². The Morgan fingerprint density at radius 2 is 2.03 bits per heavy atom. The summed E-state index contributed by atoms with van der Waals surface area (Å²) in [7, 11) is 1.30. The average molecular weight is 451 g/mol. The molecule has 1 N–H and O–H groups in total. The molecule has 3 heterocycles. The number of ether oxygens (including phenoxy) is 4. The molecule has 1 aromatic rings. The first-order chi connectivity index (χ1) is 15.3. The minimum absolute atomic E-state index is 0.174. The van der Waals surface area contributed by atoms with E-state index in [0.29, 0.717) is 37.6 Å². The van der Waals surface area contributed by atoms with Crippen LogP contribution in [-0.2, 0) is 28.5 Å². The second kappa shape index (κ2) is 8.91. The summed E-state index contributed by atoms with van der Waals surface area (Å²) in [5.41, 5.74) is 0.653. The van der Waals surface area contributed by atoms with E-state index in [1.807, 2.05) is 0 Å². The van der Waals surface area contributed by atoms with Gasteiger partial charge in [0, 0.05) is 26.4 Å². The van der Waals surface area contributed by atoms with Crippen molar-refractivity contribution in [2.24, 2.45) is 5.92 Å². The van der Waals surface area contributed by atoms with Gasteiger partial charge in [0.25, 0.3) is 0 Å². The lowest BCUT2D eigenvalue weighted by atomic mass is 9.90. The van der Waals surface area contributed by atoms with Gasteiger partial charge >= 0.3 is 12.1 Å². The normalized spacial score (nSPS) is 24.5. The first-order valence-electron chi connectivity index (χ1n) is 10.5. The number of benzene rings is 1. The van der Waals surface area contributed by atoms with Gasteiger partial charge in [0.15, 0.2) is 5.79 Å². The van der Waals surface area contributed by atoms with Crippen molar-refractivity contribution in [1.82, 2.24) is 5.32 Å². The molecule has 1 unspecified atom stereocenters. The standard InChI is InChI=1S/C21H26FN3O7/c1-13(26)23-10-15-11-25(20(28)32-15)14-3-4-18(17(22)9-14)24-6-5-21(30-7-8-31-21)16(12-24)19(27)29-2/h3-4,9,15-16H,5-8,10-12H2,1-2H3,(H,23,26)/t15?,16-/m1/s1.